The molecule has 1 heterocycles. The van der Waals surface area contributed by atoms with E-state index in [1.807, 2.05) is 32.0 Å². The number of amides is 1. The number of unbranched alkanes of at least 4 members (excludes halogenated alkanes) is 2. The molecule has 1 aromatic heterocycles. The number of carbonyl (C=O) groups is 1. The molecule has 3 aromatic rings. The van der Waals surface area contributed by atoms with Gasteiger partial charge in [-0.3, -0.25) is 14.2 Å². The van der Waals surface area contributed by atoms with Crippen LogP contribution < -0.4 is 10.9 Å². The Morgan fingerprint density at radius 1 is 1.11 bits per heavy atom. The summed E-state index contributed by atoms with van der Waals surface area (Å²) in [5.41, 5.74) is 1.87. The van der Waals surface area contributed by atoms with E-state index in [1.165, 1.54) is 12.8 Å². The van der Waals surface area contributed by atoms with Gasteiger partial charge < -0.3 is 5.32 Å². The van der Waals surface area contributed by atoms with Crippen LogP contribution in [0.2, 0.25) is 0 Å². The average molecular weight is 377 g/mol. The molecule has 1 N–H and O–H groups in total. The van der Waals surface area contributed by atoms with E-state index in [0.29, 0.717) is 28.0 Å². The second kappa shape index (κ2) is 8.83. The molecule has 146 valence electrons. The number of nitrogens with zero attached hydrogens (tertiary/aromatic N) is 2. The molecular weight excluding hydrogens is 350 g/mol. The zero-order chi connectivity index (χ0) is 20.1. The first-order chi connectivity index (χ1) is 13.5. The predicted molar refractivity (Wildman–Crippen MR) is 113 cm³/mol. The van der Waals surface area contributed by atoms with Crippen molar-refractivity contribution in [2.24, 2.45) is 0 Å². The maximum atomic E-state index is 12.9. The van der Waals surface area contributed by atoms with Gasteiger partial charge in [-0.05, 0) is 56.7 Å². The summed E-state index contributed by atoms with van der Waals surface area (Å²) in [5, 5.41) is 3.62. The van der Waals surface area contributed by atoms with Crippen LogP contribution in [0.4, 0.5) is 0 Å². The third kappa shape index (κ3) is 4.30. The largest absolute Gasteiger partial charge is 0.350 e. The fourth-order valence-electron chi connectivity index (χ4n) is 3.39. The van der Waals surface area contributed by atoms with Crippen molar-refractivity contribution >= 4 is 16.8 Å². The number of benzene rings is 2. The Bertz CT molecular complexity index is 1020. The Hall–Kier alpha value is -2.95. The summed E-state index contributed by atoms with van der Waals surface area (Å²) in [5.74, 6) is 0.529. The lowest BCUT2D eigenvalue weighted by molar-refractivity contribution is 0.0938. The smallest absolute Gasteiger partial charge is 0.265 e. The highest BCUT2D eigenvalue weighted by atomic mass is 16.1. The molecule has 3 rings (SSSR count). The molecule has 0 radical (unpaired) electrons. The van der Waals surface area contributed by atoms with E-state index < -0.39 is 0 Å². The van der Waals surface area contributed by atoms with Crippen molar-refractivity contribution in [3.05, 3.63) is 70.3 Å². The van der Waals surface area contributed by atoms with E-state index in [0.717, 1.165) is 12.8 Å². The quantitative estimate of drug-likeness (QED) is 0.621. The molecule has 0 aliphatic heterocycles. The molecule has 1 atom stereocenters. The zero-order valence-corrected chi connectivity index (χ0v) is 16.7. The van der Waals surface area contributed by atoms with Crippen molar-refractivity contribution in [1.29, 1.82) is 0 Å². The van der Waals surface area contributed by atoms with Crippen LogP contribution in [0.3, 0.4) is 0 Å². The highest BCUT2D eigenvalue weighted by Crippen LogP contribution is 2.14. The molecule has 28 heavy (non-hydrogen) atoms. The number of aryl methyl sites for hydroxylation is 1. The minimum atomic E-state index is -0.107. The molecule has 2 aromatic carbocycles. The van der Waals surface area contributed by atoms with E-state index >= 15 is 0 Å². The number of rotatable bonds is 7. The van der Waals surface area contributed by atoms with E-state index in [9.17, 15) is 9.59 Å². The molecule has 0 saturated heterocycles. The second-order valence-corrected chi connectivity index (χ2v) is 7.23. The maximum Gasteiger partial charge on any atom is 0.265 e. The van der Waals surface area contributed by atoms with Gasteiger partial charge in [0, 0.05) is 11.6 Å². The van der Waals surface area contributed by atoms with Gasteiger partial charge >= 0.3 is 0 Å². The molecule has 1 unspecified atom stereocenters. The van der Waals surface area contributed by atoms with Gasteiger partial charge in [0.25, 0.3) is 11.5 Å². The topological polar surface area (TPSA) is 64.0 Å². The van der Waals surface area contributed by atoms with E-state index in [1.54, 1.807) is 34.9 Å². The molecule has 0 aliphatic rings. The van der Waals surface area contributed by atoms with Crippen LogP contribution in [0, 0.1) is 6.92 Å². The predicted octanol–water partition coefficient (Wildman–Crippen LogP) is 4.39. The van der Waals surface area contributed by atoms with Crippen LogP contribution in [0.15, 0.2) is 53.3 Å². The molecule has 5 nitrogen and oxygen atoms in total. The van der Waals surface area contributed by atoms with Crippen LogP contribution in [0.5, 0.6) is 0 Å². The SMILES string of the molecule is CCCCCC(C)NC(=O)c1ccc(-n2c(C)nc3ccccc3c2=O)cc1. The summed E-state index contributed by atoms with van der Waals surface area (Å²) in [4.78, 5) is 29.9. The molecular formula is C23H27N3O2. The van der Waals surface area contributed by atoms with Gasteiger partial charge in [0.2, 0.25) is 0 Å². The van der Waals surface area contributed by atoms with Gasteiger partial charge in [-0.2, -0.15) is 0 Å². The normalized spacial score (nSPS) is 12.1. The molecule has 0 fully saturated rings. The number of nitrogens with one attached hydrogen (secondary N) is 1. The third-order valence-corrected chi connectivity index (χ3v) is 4.95. The van der Waals surface area contributed by atoms with Gasteiger partial charge in [0.15, 0.2) is 0 Å². The minimum absolute atomic E-state index is 0.0868. The molecule has 0 aliphatic carbocycles. The Labute approximate surface area is 165 Å². The summed E-state index contributed by atoms with van der Waals surface area (Å²) >= 11 is 0. The van der Waals surface area contributed by atoms with Crippen molar-refractivity contribution in [3.8, 4) is 5.69 Å². The molecule has 5 heteroatoms. The van der Waals surface area contributed by atoms with E-state index in [4.69, 9.17) is 0 Å². The van der Waals surface area contributed by atoms with E-state index in [2.05, 4.69) is 17.2 Å². The van der Waals surface area contributed by atoms with Crippen molar-refractivity contribution in [2.75, 3.05) is 0 Å². The van der Waals surface area contributed by atoms with Gasteiger partial charge in [-0.15, -0.1) is 0 Å². The lowest BCUT2D eigenvalue weighted by atomic mass is 10.1. The van der Waals surface area contributed by atoms with Crippen molar-refractivity contribution < 1.29 is 4.79 Å². The third-order valence-electron chi connectivity index (χ3n) is 4.95. The lowest BCUT2D eigenvalue weighted by Gasteiger charge is -2.14. The Morgan fingerprint density at radius 2 is 1.82 bits per heavy atom. The fourth-order valence-corrected chi connectivity index (χ4v) is 3.39. The number of hydrogen-bond acceptors (Lipinski definition) is 3. The van der Waals surface area contributed by atoms with Gasteiger partial charge in [0.1, 0.15) is 5.82 Å². The van der Waals surface area contributed by atoms with Crippen LogP contribution in [-0.2, 0) is 0 Å². The first-order valence-corrected chi connectivity index (χ1v) is 9.91. The zero-order valence-electron chi connectivity index (χ0n) is 16.7. The summed E-state index contributed by atoms with van der Waals surface area (Å²) < 4.78 is 1.58. The van der Waals surface area contributed by atoms with Crippen molar-refractivity contribution in [3.63, 3.8) is 0 Å². The summed E-state index contributed by atoms with van der Waals surface area (Å²) in [6.45, 7) is 6.01. The van der Waals surface area contributed by atoms with Crippen LogP contribution in [0.25, 0.3) is 16.6 Å². The Kier molecular flexibility index (Phi) is 6.24. The standard InChI is InChI=1S/C23H27N3O2/c1-4-5-6-9-16(2)24-22(27)18-12-14-19(15-13-18)26-17(3)25-21-11-8-7-10-20(21)23(26)28/h7-8,10-16H,4-6,9H2,1-3H3,(H,24,27). The van der Waals surface area contributed by atoms with Crippen molar-refractivity contribution in [1.82, 2.24) is 14.9 Å². The fraction of sp³-hybridized carbons (Fsp3) is 0.348. The number of hydrogen-bond donors (Lipinski definition) is 1. The number of fused-ring (bicyclic) bond motifs is 1. The van der Waals surface area contributed by atoms with Gasteiger partial charge in [0.05, 0.1) is 16.6 Å². The van der Waals surface area contributed by atoms with Crippen LogP contribution >= 0.6 is 0 Å². The first kappa shape index (κ1) is 19.8. The molecule has 1 amide bonds. The number of para-hydroxylation sites is 1. The number of carbonyl (C=O) groups excluding carboxylic acids is 1. The first-order valence-electron chi connectivity index (χ1n) is 9.91. The number of aromatic nitrogens is 2. The molecule has 0 spiro atoms. The lowest BCUT2D eigenvalue weighted by Crippen LogP contribution is -2.32. The van der Waals surface area contributed by atoms with Crippen LogP contribution in [-0.4, -0.2) is 21.5 Å². The second-order valence-electron chi connectivity index (χ2n) is 7.23. The summed E-state index contributed by atoms with van der Waals surface area (Å²) in [6, 6.07) is 14.6. The van der Waals surface area contributed by atoms with Gasteiger partial charge in [-0.25, -0.2) is 4.98 Å². The minimum Gasteiger partial charge on any atom is -0.350 e. The highest BCUT2D eigenvalue weighted by molar-refractivity contribution is 5.94. The van der Waals surface area contributed by atoms with Crippen LogP contribution in [0.1, 0.15) is 55.7 Å². The highest BCUT2D eigenvalue weighted by Gasteiger charge is 2.12. The molecule has 0 bridgehead atoms. The molecule has 0 saturated carbocycles. The Balaban J connectivity index is 1.80. The Morgan fingerprint density at radius 3 is 2.54 bits per heavy atom. The monoisotopic (exact) mass is 377 g/mol. The summed E-state index contributed by atoms with van der Waals surface area (Å²) in [7, 11) is 0. The van der Waals surface area contributed by atoms with E-state index in [-0.39, 0.29) is 17.5 Å². The van der Waals surface area contributed by atoms with Crippen molar-refractivity contribution in [2.45, 2.75) is 52.5 Å². The average Bonchev–Trinajstić information content (AvgIpc) is 2.68. The maximum absolute atomic E-state index is 12.9. The van der Waals surface area contributed by atoms with Gasteiger partial charge in [-0.1, -0.05) is 38.3 Å². The summed E-state index contributed by atoms with van der Waals surface area (Å²) in [6.07, 6.45) is 4.45.